The van der Waals surface area contributed by atoms with E-state index >= 15 is 0 Å². The first kappa shape index (κ1) is 31.5. The van der Waals surface area contributed by atoms with E-state index in [1.165, 1.54) is 11.1 Å². The van der Waals surface area contributed by atoms with Crippen LogP contribution in [0.4, 0.5) is 0 Å². The topological polar surface area (TPSA) is 126 Å². The summed E-state index contributed by atoms with van der Waals surface area (Å²) in [6.07, 6.45) is 1.95. The zero-order valence-corrected chi connectivity index (χ0v) is 25.5. The fourth-order valence-corrected chi connectivity index (χ4v) is 5.89. The van der Waals surface area contributed by atoms with E-state index in [1.807, 2.05) is 95.9 Å². The van der Waals surface area contributed by atoms with E-state index in [0.717, 1.165) is 11.1 Å². The van der Waals surface area contributed by atoms with Crippen LogP contribution < -0.4 is 22.1 Å². The van der Waals surface area contributed by atoms with Gasteiger partial charge in [-0.1, -0.05) is 103 Å². The number of amides is 2. The summed E-state index contributed by atoms with van der Waals surface area (Å²) in [6.45, 7) is 2.00. The minimum atomic E-state index is -0.416. The number of nitrogens with zero attached hydrogens (tertiary/aromatic N) is 2. The second-order valence-corrected chi connectivity index (χ2v) is 11.5. The molecule has 4 aromatic rings. The molecule has 2 atom stereocenters. The lowest BCUT2D eigenvalue weighted by Gasteiger charge is -2.29. The van der Waals surface area contributed by atoms with Crippen LogP contribution in [-0.4, -0.2) is 60.9 Å². The maximum atomic E-state index is 14.0. The predicted octanol–water partition coefficient (Wildman–Crippen LogP) is 4.53. The molecule has 0 saturated carbocycles. The maximum absolute atomic E-state index is 14.0. The van der Waals surface area contributed by atoms with Gasteiger partial charge < -0.3 is 27.0 Å². The zero-order chi connectivity index (χ0) is 31.4. The number of nitrogens with one attached hydrogen (secondary N) is 2. The lowest BCUT2D eigenvalue weighted by Crippen LogP contribution is -2.49. The highest BCUT2D eigenvalue weighted by Gasteiger charge is 2.32. The molecule has 1 saturated heterocycles. The van der Waals surface area contributed by atoms with Gasteiger partial charge in [0.2, 0.25) is 5.91 Å². The highest BCUT2D eigenvalue weighted by Crippen LogP contribution is 2.27. The van der Waals surface area contributed by atoms with Crippen LogP contribution >= 0.6 is 0 Å². The molecular formula is C37H42N6O2. The minimum Gasteiger partial charge on any atom is -0.370 e. The van der Waals surface area contributed by atoms with Crippen molar-refractivity contribution in [3.8, 4) is 11.1 Å². The van der Waals surface area contributed by atoms with E-state index in [2.05, 4.69) is 39.9 Å². The molecule has 1 fully saturated rings. The van der Waals surface area contributed by atoms with Crippen molar-refractivity contribution in [3.05, 3.63) is 132 Å². The van der Waals surface area contributed by atoms with Gasteiger partial charge in [0, 0.05) is 43.7 Å². The molecule has 0 radical (unpaired) electrons. The fourth-order valence-electron chi connectivity index (χ4n) is 5.89. The largest absolute Gasteiger partial charge is 0.370 e. The second-order valence-electron chi connectivity index (χ2n) is 11.5. The van der Waals surface area contributed by atoms with E-state index in [0.29, 0.717) is 51.0 Å². The highest BCUT2D eigenvalue weighted by atomic mass is 16.2. The molecule has 5 rings (SSSR count). The van der Waals surface area contributed by atoms with Crippen molar-refractivity contribution >= 4 is 17.8 Å². The Morgan fingerprint density at radius 2 is 1.42 bits per heavy atom. The lowest BCUT2D eigenvalue weighted by atomic mass is 9.90. The summed E-state index contributed by atoms with van der Waals surface area (Å²) in [4.78, 5) is 33.2. The van der Waals surface area contributed by atoms with Gasteiger partial charge in [-0.3, -0.25) is 14.6 Å². The molecule has 6 N–H and O–H groups in total. The summed E-state index contributed by atoms with van der Waals surface area (Å²) >= 11 is 0. The predicted molar refractivity (Wildman–Crippen MR) is 181 cm³/mol. The third-order valence-corrected chi connectivity index (χ3v) is 8.31. The van der Waals surface area contributed by atoms with Gasteiger partial charge in [-0.15, -0.1) is 0 Å². The summed E-state index contributed by atoms with van der Waals surface area (Å²) in [6, 6.07) is 37.9. The SMILES string of the molecule is NC(N)=NCCC[C@@H]1N[C@H](CNC(=O)c2ccc(-c3ccccc3)cc2)CCN(CC(c2ccccc2)c2ccccc2)C1=O. The Morgan fingerprint density at radius 1 is 0.844 bits per heavy atom. The number of aliphatic imine (C=N–C) groups is 1. The van der Waals surface area contributed by atoms with Crippen LogP contribution in [0.3, 0.4) is 0 Å². The molecule has 1 aliphatic heterocycles. The number of carbonyl (C=O) groups excluding carboxylic acids is 2. The summed E-state index contributed by atoms with van der Waals surface area (Å²) in [5.74, 6) is -0.000241. The van der Waals surface area contributed by atoms with Gasteiger partial charge in [-0.25, -0.2) is 0 Å². The maximum Gasteiger partial charge on any atom is 0.251 e. The summed E-state index contributed by atoms with van der Waals surface area (Å²) in [5, 5.41) is 6.65. The molecule has 0 aliphatic carbocycles. The number of benzene rings is 4. The Morgan fingerprint density at radius 3 is 2.02 bits per heavy atom. The number of carbonyl (C=O) groups is 2. The van der Waals surface area contributed by atoms with Gasteiger partial charge in [0.1, 0.15) is 0 Å². The Bertz CT molecular complexity index is 1500. The van der Waals surface area contributed by atoms with Gasteiger partial charge >= 0.3 is 0 Å². The molecule has 4 aromatic carbocycles. The molecule has 232 valence electrons. The number of nitrogens with two attached hydrogens (primary N) is 2. The quantitative estimate of drug-likeness (QED) is 0.108. The van der Waals surface area contributed by atoms with Crippen molar-refractivity contribution in [1.82, 2.24) is 15.5 Å². The van der Waals surface area contributed by atoms with E-state index in [1.54, 1.807) is 0 Å². The van der Waals surface area contributed by atoms with Crippen LogP contribution in [0.25, 0.3) is 11.1 Å². The van der Waals surface area contributed by atoms with Gasteiger partial charge in [-0.2, -0.15) is 0 Å². The first-order valence-corrected chi connectivity index (χ1v) is 15.6. The van der Waals surface area contributed by atoms with E-state index in [-0.39, 0.29) is 29.7 Å². The molecule has 0 spiro atoms. The number of hydrogen-bond donors (Lipinski definition) is 4. The minimum absolute atomic E-state index is 0.0359. The average molecular weight is 603 g/mol. The number of guanidine groups is 1. The molecular weight excluding hydrogens is 560 g/mol. The van der Waals surface area contributed by atoms with Crippen molar-refractivity contribution in [2.24, 2.45) is 16.5 Å². The Hall–Kier alpha value is -4.95. The number of rotatable bonds is 12. The van der Waals surface area contributed by atoms with E-state index in [9.17, 15) is 9.59 Å². The van der Waals surface area contributed by atoms with Gasteiger partial charge in [0.05, 0.1) is 6.04 Å². The van der Waals surface area contributed by atoms with E-state index < -0.39 is 6.04 Å². The van der Waals surface area contributed by atoms with Gasteiger partial charge in [-0.05, 0) is 53.6 Å². The first-order valence-electron chi connectivity index (χ1n) is 15.6. The second kappa shape index (κ2) is 15.7. The van der Waals surface area contributed by atoms with Crippen LogP contribution in [0.2, 0.25) is 0 Å². The Kier molecular flexibility index (Phi) is 11.0. The molecule has 45 heavy (non-hydrogen) atoms. The lowest BCUT2D eigenvalue weighted by molar-refractivity contribution is -0.133. The smallest absolute Gasteiger partial charge is 0.251 e. The average Bonchev–Trinajstić information content (AvgIpc) is 3.23. The summed E-state index contributed by atoms with van der Waals surface area (Å²) in [5.41, 5.74) is 16.1. The molecule has 1 heterocycles. The Labute approximate surface area is 265 Å². The van der Waals surface area contributed by atoms with Crippen molar-refractivity contribution < 1.29 is 9.59 Å². The van der Waals surface area contributed by atoms with Crippen LogP contribution in [0.1, 0.15) is 46.7 Å². The highest BCUT2D eigenvalue weighted by molar-refractivity contribution is 5.94. The van der Waals surface area contributed by atoms with Crippen molar-refractivity contribution in [1.29, 1.82) is 0 Å². The third kappa shape index (κ3) is 8.80. The third-order valence-electron chi connectivity index (χ3n) is 8.31. The molecule has 1 aliphatic rings. The standard InChI is InChI=1S/C37H42N6O2/c38-37(39)40-23-10-17-34-36(45)43(26-33(29-13-6-2-7-14-29)30-15-8-3-9-16-30)24-22-32(42-34)25-41-35(44)31-20-18-28(19-21-31)27-11-4-1-5-12-27/h1-9,11-16,18-21,32-34,42H,10,17,22-26H2,(H,41,44)(H4,38,39,40)/t32-,34-/m0/s1. The molecule has 0 unspecified atom stereocenters. The Balaban J connectivity index is 1.28. The van der Waals surface area contributed by atoms with Crippen LogP contribution in [-0.2, 0) is 4.79 Å². The van der Waals surface area contributed by atoms with Crippen molar-refractivity contribution in [2.75, 3.05) is 26.2 Å². The van der Waals surface area contributed by atoms with Crippen molar-refractivity contribution in [3.63, 3.8) is 0 Å². The van der Waals surface area contributed by atoms with Gasteiger partial charge in [0.15, 0.2) is 5.96 Å². The van der Waals surface area contributed by atoms with E-state index in [4.69, 9.17) is 11.5 Å². The van der Waals surface area contributed by atoms with Crippen LogP contribution in [0.15, 0.2) is 120 Å². The summed E-state index contributed by atoms with van der Waals surface area (Å²) < 4.78 is 0. The monoisotopic (exact) mass is 602 g/mol. The molecule has 0 bridgehead atoms. The summed E-state index contributed by atoms with van der Waals surface area (Å²) in [7, 11) is 0. The number of hydrogen-bond acceptors (Lipinski definition) is 4. The molecule has 8 heteroatoms. The molecule has 8 nitrogen and oxygen atoms in total. The fraction of sp³-hybridized carbons (Fsp3) is 0.270. The zero-order valence-electron chi connectivity index (χ0n) is 25.5. The van der Waals surface area contributed by atoms with Crippen LogP contribution in [0, 0.1) is 0 Å². The molecule has 0 aromatic heterocycles. The van der Waals surface area contributed by atoms with Crippen LogP contribution in [0.5, 0.6) is 0 Å². The van der Waals surface area contributed by atoms with Gasteiger partial charge in [0.25, 0.3) is 5.91 Å². The first-order chi connectivity index (χ1) is 22.0. The normalized spacial score (nSPS) is 16.6. The molecule has 2 amide bonds. The van der Waals surface area contributed by atoms with Crippen molar-refractivity contribution in [2.45, 2.75) is 37.3 Å².